The molecule has 1 saturated heterocycles. The van der Waals surface area contributed by atoms with Gasteiger partial charge in [0.2, 0.25) is 5.79 Å². The molecular formula is C24H40O7. The highest BCUT2D eigenvalue weighted by Gasteiger charge is 2.49. The van der Waals surface area contributed by atoms with E-state index in [-0.39, 0.29) is 13.0 Å². The Morgan fingerprint density at radius 1 is 0.968 bits per heavy atom. The van der Waals surface area contributed by atoms with Crippen molar-refractivity contribution >= 4 is 5.97 Å². The number of aliphatic hydroxyl groups excluding tert-OH is 3. The summed E-state index contributed by atoms with van der Waals surface area (Å²) in [6, 6.07) is 0. The van der Waals surface area contributed by atoms with E-state index in [0.29, 0.717) is 6.42 Å². The maximum atomic E-state index is 11.8. The molecule has 7 heteroatoms. The number of ether oxygens (including phenoxy) is 2. The average Bonchev–Trinajstić information content (AvgIpc) is 2.76. The molecule has 4 N–H and O–H groups in total. The molecule has 0 radical (unpaired) electrons. The lowest BCUT2D eigenvalue weighted by Gasteiger charge is -2.40. The van der Waals surface area contributed by atoms with Crippen LogP contribution in [0.4, 0.5) is 0 Å². The van der Waals surface area contributed by atoms with Crippen LogP contribution in [0.1, 0.15) is 71.1 Å². The fraction of sp³-hybridized carbons (Fsp3) is 0.708. The summed E-state index contributed by atoms with van der Waals surface area (Å²) < 4.78 is 9.92. The van der Waals surface area contributed by atoms with Crippen LogP contribution in [-0.2, 0) is 14.3 Å². The molecule has 7 nitrogen and oxygen atoms in total. The molecule has 0 saturated carbocycles. The highest BCUT2D eigenvalue weighted by Crippen LogP contribution is 2.24. The molecule has 0 amide bonds. The largest absolute Gasteiger partial charge is 0.460 e. The molecule has 0 aliphatic carbocycles. The van der Waals surface area contributed by atoms with Crippen molar-refractivity contribution in [2.24, 2.45) is 0 Å². The van der Waals surface area contributed by atoms with Crippen LogP contribution in [0.2, 0.25) is 0 Å². The minimum atomic E-state index is -2.20. The third kappa shape index (κ3) is 11.6. The maximum Gasteiger partial charge on any atom is 0.305 e. The van der Waals surface area contributed by atoms with E-state index in [9.17, 15) is 25.2 Å². The van der Waals surface area contributed by atoms with Crippen LogP contribution in [0, 0.1) is 0 Å². The first-order valence-electron chi connectivity index (χ1n) is 11.4. The molecule has 0 aromatic heterocycles. The number of hydrogen-bond acceptors (Lipinski definition) is 7. The fourth-order valence-electron chi connectivity index (χ4n) is 3.16. The number of unbranched alkanes of at least 4 members (excludes halogenated alkanes) is 5. The van der Waals surface area contributed by atoms with Crippen LogP contribution >= 0.6 is 0 Å². The molecule has 31 heavy (non-hydrogen) atoms. The maximum absolute atomic E-state index is 11.8. The number of carbonyl (C=O) groups is 1. The number of aliphatic hydroxyl groups is 4. The van der Waals surface area contributed by atoms with E-state index in [1.165, 1.54) is 0 Å². The van der Waals surface area contributed by atoms with E-state index in [1.807, 2.05) is 0 Å². The summed E-state index contributed by atoms with van der Waals surface area (Å²) in [5.74, 6) is -2.70. The Hall–Kier alpha value is -1.51. The summed E-state index contributed by atoms with van der Waals surface area (Å²) in [6.45, 7) is 1.19. The Morgan fingerprint density at radius 3 is 2.29 bits per heavy atom. The molecule has 1 heterocycles. The topological polar surface area (TPSA) is 116 Å². The average molecular weight is 441 g/mol. The predicted molar refractivity (Wildman–Crippen MR) is 119 cm³/mol. The minimum absolute atomic E-state index is 0.219. The number of rotatable bonds is 15. The van der Waals surface area contributed by atoms with Gasteiger partial charge in [-0.05, 0) is 38.5 Å². The van der Waals surface area contributed by atoms with Crippen LogP contribution in [-0.4, -0.2) is 63.7 Å². The molecule has 4 unspecified atom stereocenters. The Balaban J connectivity index is 2.00. The van der Waals surface area contributed by atoms with Gasteiger partial charge in [-0.1, -0.05) is 62.6 Å². The van der Waals surface area contributed by atoms with Gasteiger partial charge in [-0.2, -0.15) is 0 Å². The predicted octanol–water partition coefficient (Wildman–Crippen LogP) is 2.92. The van der Waals surface area contributed by atoms with Gasteiger partial charge >= 0.3 is 5.97 Å². The minimum Gasteiger partial charge on any atom is -0.460 e. The lowest BCUT2D eigenvalue weighted by Crippen LogP contribution is -2.63. The van der Waals surface area contributed by atoms with Gasteiger partial charge in [0.15, 0.2) is 0 Å². The van der Waals surface area contributed by atoms with Crippen molar-refractivity contribution in [2.45, 2.75) is 95.2 Å². The number of hydrogen-bond donors (Lipinski definition) is 4. The molecule has 4 atom stereocenters. The Labute approximate surface area is 186 Å². The summed E-state index contributed by atoms with van der Waals surface area (Å²) in [7, 11) is 0. The Bertz CT molecular complexity index is 572. The van der Waals surface area contributed by atoms with Crippen molar-refractivity contribution < 1.29 is 34.7 Å². The van der Waals surface area contributed by atoms with Crippen LogP contribution < -0.4 is 0 Å². The van der Waals surface area contributed by atoms with E-state index in [2.05, 4.69) is 43.4 Å². The fourth-order valence-corrected chi connectivity index (χ4v) is 3.16. The Kier molecular flexibility index (Phi) is 14.4. The first-order valence-corrected chi connectivity index (χ1v) is 11.4. The van der Waals surface area contributed by atoms with E-state index < -0.39 is 36.7 Å². The third-order valence-corrected chi connectivity index (χ3v) is 5.16. The van der Waals surface area contributed by atoms with Gasteiger partial charge in [-0.25, -0.2) is 0 Å². The van der Waals surface area contributed by atoms with Gasteiger partial charge in [0.1, 0.15) is 24.9 Å². The highest BCUT2D eigenvalue weighted by molar-refractivity contribution is 5.69. The van der Waals surface area contributed by atoms with Crippen LogP contribution in [0.25, 0.3) is 0 Å². The zero-order valence-electron chi connectivity index (χ0n) is 18.7. The molecule has 0 spiro atoms. The number of carbonyl (C=O) groups excluding carboxylic acids is 1. The van der Waals surface area contributed by atoms with Crippen molar-refractivity contribution in [1.82, 2.24) is 0 Å². The van der Waals surface area contributed by atoms with Gasteiger partial charge in [0.05, 0.1) is 6.61 Å². The number of allylic oxidation sites excluding steroid dienone is 6. The zero-order chi connectivity index (χ0) is 23.0. The summed E-state index contributed by atoms with van der Waals surface area (Å²) >= 11 is 0. The lowest BCUT2D eigenvalue weighted by atomic mass is 9.97. The van der Waals surface area contributed by atoms with Crippen LogP contribution in [0.5, 0.6) is 0 Å². The normalized spacial score (nSPS) is 26.9. The molecule has 1 fully saturated rings. The van der Waals surface area contributed by atoms with Crippen LogP contribution in [0.15, 0.2) is 36.5 Å². The van der Waals surface area contributed by atoms with Crippen molar-refractivity contribution in [3.05, 3.63) is 36.5 Å². The van der Waals surface area contributed by atoms with Gasteiger partial charge in [0, 0.05) is 6.42 Å². The summed E-state index contributed by atoms with van der Waals surface area (Å²) in [6.07, 6.45) is 17.7. The molecular weight excluding hydrogens is 400 g/mol. The second-order valence-electron chi connectivity index (χ2n) is 7.92. The van der Waals surface area contributed by atoms with E-state index in [0.717, 1.165) is 51.4 Å². The second-order valence-corrected chi connectivity index (χ2v) is 7.92. The SMILES string of the molecule is CCC=CCC=CCC=CCCCCCCCC(=O)OCC1(O)OCC(O)C(O)C1O. The van der Waals surface area contributed by atoms with Crippen molar-refractivity contribution in [2.75, 3.05) is 13.2 Å². The first-order chi connectivity index (χ1) is 14.9. The smallest absolute Gasteiger partial charge is 0.305 e. The van der Waals surface area contributed by atoms with Crippen LogP contribution in [0.3, 0.4) is 0 Å². The zero-order valence-corrected chi connectivity index (χ0v) is 18.7. The van der Waals surface area contributed by atoms with Crippen molar-refractivity contribution in [3.63, 3.8) is 0 Å². The van der Waals surface area contributed by atoms with Gasteiger partial charge < -0.3 is 29.9 Å². The summed E-state index contributed by atoms with van der Waals surface area (Å²) in [5.41, 5.74) is 0. The van der Waals surface area contributed by atoms with E-state index >= 15 is 0 Å². The molecule has 0 bridgehead atoms. The summed E-state index contributed by atoms with van der Waals surface area (Å²) in [4.78, 5) is 11.8. The molecule has 1 aliphatic heterocycles. The first kappa shape index (κ1) is 27.5. The highest BCUT2D eigenvalue weighted by atomic mass is 16.7. The van der Waals surface area contributed by atoms with Crippen molar-refractivity contribution in [1.29, 1.82) is 0 Å². The van der Waals surface area contributed by atoms with E-state index in [4.69, 9.17) is 9.47 Å². The molecule has 1 aliphatic rings. The second kappa shape index (κ2) is 16.2. The van der Waals surface area contributed by atoms with Gasteiger partial charge in [0.25, 0.3) is 0 Å². The van der Waals surface area contributed by atoms with Gasteiger partial charge in [-0.15, -0.1) is 0 Å². The number of esters is 1. The molecule has 178 valence electrons. The lowest BCUT2D eigenvalue weighted by molar-refractivity contribution is -0.332. The monoisotopic (exact) mass is 440 g/mol. The Morgan fingerprint density at radius 2 is 1.58 bits per heavy atom. The van der Waals surface area contributed by atoms with Crippen molar-refractivity contribution in [3.8, 4) is 0 Å². The quantitative estimate of drug-likeness (QED) is 0.176. The van der Waals surface area contributed by atoms with E-state index in [1.54, 1.807) is 0 Å². The molecule has 1 rings (SSSR count). The molecule has 0 aromatic carbocycles. The molecule has 0 aromatic rings. The third-order valence-electron chi connectivity index (χ3n) is 5.16. The summed E-state index contributed by atoms with van der Waals surface area (Å²) in [5, 5.41) is 39.0. The van der Waals surface area contributed by atoms with Gasteiger partial charge in [-0.3, -0.25) is 4.79 Å². The standard InChI is InChI=1S/C24H40O7/c1-2-3-4-5-6-7-8-9-10-11-12-13-14-15-16-17-21(26)30-19-24(29)23(28)22(27)20(25)18-31-24/h3-4,6-7,9-10,20,22-23,25,27-29H,2,5,8,11-19H2,1H3.